The van der Waals surface area contributed by atoms with Crippen LogP contribution < -0.4 is 10.8 Å². The fourth-order valence-electron chi connectivity index (χ4n) is 3.41. The molecule has 0 saturated heterocycles. The number of rotatable bonds is 3. The number of carbonyl (C=O) groups is 1. The van der Waals surface area contributed by atoms with Crippen LogP contribution in [0.2, 0.25) is 0 Å². The topological polar surface area (TPSA) is 83.6 Å². The number of aromatic nitrogens is 4. The largest absolute Gasteiger partial charge is 0.306 e. The van der Waals surface area contributed by atoms with E-state index in [2.05, 4.69) is 25.5 Å². The van der Waals surface area contributed by atoms with Crippen LogP contribution in [0.1, 0.15) is 22.4 Å². The predicted molar refractivity (Wildman–Crippen MR) is 118 cm³/mol. The highest BCUT2D eigenvalue weighted by molar-refractivity contribution is 6.37. The van der Waals surface area contributed by atoms with E-state index in [0.29, 0.717) is 11.4 Å². The van der Waals surface area contributed by atoms with Gasteiger partial charge < -0.3 is 5.32 Å². The zero-order valence-electron chi connectivity index (χ0n) is 15.7. The van der Waals surface area contributed by atoms with E-state index in [9.17, 15) is 4.79 Å². The number of fused-ring (bicyclic) bond motifs is 2. The van der Waals surface area contributed by atoms with Crippen LogP contribution in [0.3, 0.4) is 0 Å². The maximum absolute atomic E-state index is 12.4. The van der Waals surface area contributed by atoms with Crippen LogP contribution in [0.15, 0.2) is 55.0 Å². The normalized spacial score (nSPS) is 14.6. The molecule has 0 spiro atoms. The molecular formula is C22H16BN5O. The lowest BCUT2D eigenvalue weighted by molar-refractivity contribution is -0.110. The lowest BCUT2D eigenvalue weighted by Gasteiger charge is -2.00. The number of H-pyrrole nitrogens is 1. The number of hydrogen-bond donors (Lipinski definition) is 2. The van der Waals surface area contributed by atoms with Crippen LogP contribution in [-0.2, 0) is 4.79 Å². The van der Waals surface area contributed by atoms with E-state index in [1.165, 1.54) is 0 Å². The summed E-state index contributed by atoms with van der Waals surface area (Å²) in [6, 6.07) is 11.9. The lowest BCUT2D eigenvalue weighted by atomic mass is 9.95. The van der Waals surface area contributed by atoms with Crippen LogP contribution in [0, 0.1) is 0 Å². The summed E-state index contributed by atoms with van der Waals surface area (Å²) in [6.45, 7) is 0. The van der Waals surface area contributed by atoms with Gasteiger partial charge >= 0.3 is 0 Å². The zero-order valence-corrected chi connectivity index (χ0v) is 15.7. The van der Waals surface area contributed by atoms with Gasteiger partial charge in [-0.2, -0.15) is 5.10 Å². The van der Waals surface area contributed by atoms with Gasteiger partial charge in [-0.05, 0) is 41.5 Å². The minimum absolute atomic E-state index is 0.136. The van der Waals surface area contributed by atoms with E-state index in [0.717, 1.165) is 38.8 Å². The van der Waals surface area contributed by atoms with Gasteiger partial charge in [0, 0.05) is 29.5 Å². The van der Waals surface area contributed by atoms with Gasteiger partial charge in [-0.3, -0.25) is 14.9 Å². The summed E-state index contributed by atoms with van der Waals surface area (Å²) in [5, 5.41) is 11.3. The highest BCUT2D eigenvalue weighted by atomic mass is 16.2. The molecule has 0 aliphatic carbocycles. The third-order valence-electron chi connectivity index (χ3n) is 4.84. The molecule has 0 fully saturated rings. The summed E-state index contributed by atoms with van der Waals surface area (Å²) in [4.78, 5) is 20.8. The fourth-order valence-corrected chi connectivity index (χ4v) is 3.41. The summed E-state index contributed by atoms with van der Waals surface area (Å²) >= 11 is 0. The monoisotopic (exact) mass is 377 g/mol. The van der Waals surface area contributed by atoms with Crippen LogP contribution in [0.5, 0.6) is 0 Å². The Bertz CT molecular complexity index is 1310. The van der Waals surface area contributed by atoms with Gasteiger partial charge in [0.15, 0.2) is 0 Å². The van der Waals surface area contributed by atoms with Crippen LogP contribution in [0.4, 0.5) is 5.82 Å². The molecule has 0 atom stereocenters. The van der Waals surface area contributed by atoms with Gasteiger partial charge in [0.1, 0.15) is 13.7 Å². The van der Waals surface area contributed by atoms with E-state index in [1.807, 2.05) is 62.5 Å². The minimum Gasteiger partial charge on any atom is -0.306 e. The summed E-state index contributed by atoms with van der Waals surface area (Å²) in [7, 11) is 1.96. The Kier molecular flexibility index (Phi) is 4.06. The van der Waals surface area contributed by atoms with Gasteiger partial charge in [0.25, 0.3) is 5.91 Å². The van der Waals surface area contributed by atoms with Gasteiger partial charge in [0.2, 0.25) is 0 Å². The van der Waals surface area contributed by atoms with E-state index in [1.54, 1.807) is 18.6 Å². The molecular weight excluding hydrogens is 361 g/mol. The molecule has 6 nitrogen and oxygen atoms in total. The van der Waals surface area contributed by atoms with Crippen LogP contribution in [-0.4, -0.2) is 33.9 Å². The first-order chi connectivity index (χ1) is 14.2. The summed E-state index contributed by atoms with van der Waals surface area (Å²) < 4.78 is 0. The molecule has 7 heteroatoms. The Labute approximate surface area is 167 Å². The Balaban J connectivity index is 1.49. The zero-order chi connectivity index (χ0) is 19.8. The van der Waals surface area contributed by atoms with E-state index < -0.39 is 0 Å². The van der Waals surface area contributed by atoms with Crippen molar-refractivity contribution in [2.24, 2.45) is 0 Å². The van der Waals surface area contributed by atoms with Crippen molar-refractivity contribution in [2.45, 2.75) is 0 Å². The molecule has 1 aliphatic heterocycles. The first kappa shape index (κ1) is 17.1. The Morgan fingerprint density at radius 2 is 1.97 bits per heavy atom. The molecule has 29 heavy (non-hydrogen) atoms. The molecule has 4 aromatic rings. The van der Waals surface area contributed by atoms with Crippen molar-refractivity contribution in [2.75, 3.05) is 5.32 Å². The number of nitrogens with one attached hydrogen (secondary N) is 2. The molecule has 1 aromatic carbocycles. The summed E-state index contributed by atoms with van der Waals surface area (Å²) in [5.41, 5.74) is 6.16. The molecule has 0 radical (unpaired) electrons. The van der Waals surface area contributed by atoms with Gasteiger partial charge in [-0.1, -0.05) is 29.7 Å². The second kappa shape index (κ2) is 6.87. The maximum atomic E-state index is 12.4. The molecule has 0 unspecified atom stereocenters. The maximum Gasteiger partial charge on any atom is 0.257 e. The number of amides is 1. The standard InChI is InChI=1S/C22H16BN5O/c23-15-10-17-18(22(29)26-21(17)25-12-15)8-14-3-5-16-19(27-28-20(16)9-14)6-4-13-2-1-7-24-11-13/h1-12H,23H2,(H,27,28)(H,25,26,29)/b6-4+,18-8?. The highest BCUT2D eigenvalue weighted by Crippen LogP contribution is 2.31. The quantitative estimate of drug-likeness (QED) is 0.424. The van der Waals surface area contributed by atoms with Crippen molar-refractivity contribution in [3.05, 3.63) is 77.4 Å². The smallest absolute Gasteiger partial charge is 0.257 e. The van der Waals surface area contributed by atoms with Crippen molar-refractivity contribution in [3.8, 4) is 0 Å². The first-order valence-corrected chi connectivity index (χ1v) is 9.24. The van der Waals surface area contributed by atoms with Crippen molar-refractivity contribution in [3.63, 3.8) is 0 Å². The van der Waals surface area contributed by atoms with Crippen LogP contribution in [0.25, 0.3) is 34.7 Å². The lowest BCUT2D eigenvalue weighted by Crippen LogP contribution is -2.05. The summed E-state index contributed by atoms with van der Waals surface area (Å²) in [6.07, 6.45) is 11.1. The Morgan fingerprint density at radius 1 is 1.03 bits per heavy atom. The molecule has 0 bridgehead atoms. The molecule has 5 rings (SSSR count). The summed E-state index contributed by atoms with van der Waals surface area (Å²) in [5.74, 6) is 0.472. The molecule has 1 aliphatic rings. The molecule has 3 aromatic heterocycles. The molecule has 2 N–H and O–H groups in total. The fraction of sp³-hybridized carbons (Fsp3) is 0. The van der Waals surface area contributed by atoms with E-state index in [4.69, 9.17) is 0 Å². The highest BCUT2D eigenvalue weighted by Gasteiger charge is 2.25. The second-order valence-electron chi connectivity index (χ2n) is 6.95. The van der Waals surface area contributed by atoms with Gasteiger partial charge in [-0.25, -0.2) is 4.98 Å². The SMILES string of the molecule is Bc1cnc2c(c1)C(=Cc1ccc3c(/C=C/c4cccnc4)n[nH]c3c1)C(=O)N2. The average Bonchev–Trinajstić information content (AvgIpc) is 3.28. The first-order valence-electron chi connectivity index (χ1n) is 9.24. The third kappa shape index (κ3) is 3.23. The molecule has 138 valence electrons. The minimum atomic E-state index is -0.136. The Morgan fingerprint density at radius 3 is 2.83 bits per heavy atom. The van der Waals surface area contributed by atoms with E-state index >= 15 is 0 Å². The van der Waals surface area contributed by atoms with Crippen molar-refractivity contribution in [1.82, 2.24) is 20.2 Å². The van der Waals surface area contributed by atoms with Crippen molar-refractivity contribution >= 4 is 59.7 Å². The molecule has 4 heterocycles. The number of aromatic amines is 1. The van der Waals surface area contributed by atoms with Crippen molar-refractivity contribution in [1.29, 1.82) is 0 Å². The number of pyridine rings is 2. The van der Waals surface area contributed by atoms with Crippen LogP contribution >= 0.6 is 0 Å². The van der Waals surface area contributed by atoms with E-state index in [-0.39, 0.29) is 5.91 Å². The predicted octanol–water partition coefficient (Wildman–Crippen LogP) is 2.27. The number of carbonyl (C=O) groups excluding carboxylic acids is 1. The Hall–Kier alpha value is -4.00. The average molecular weight is 377 g/mol. The van der Waals surface area contributed by atoms with Gasteiger partial charge in [0.05, 0.1) is 16.8 Å². The molecule has 0 saturated carbocycles. The van der Waals surface area contributed by atoms with Gasteiger partial charge in [-0.15, -0.1) is 0 Å². The molecule has 1 amide bonds. The number of anilines is 1. The second-order valence-corrected chi connectivity index (χ2v) is 6.95. The third-order valence-corrected chi connectivity index (χ3v) is 4.84. The number of nitrogens with zero attached hydrogens (tertiary/aromatic N) is 3. The number of hydrogen-bond acceptors (Lipinski definition) is 4. The van der Waals surface area contributed by atoms with Crippen molar-refractivity contribution < 1.29 is 4.79 Å². The number of benzene rings is 1.